The van der Waals surface area contributed by atoms with Gasteiger partial charge in [0.25, 0.3) is 0 Å². The summed E-state index contributed by atoms with van der Waals surface area (Å²) in [6, 6.07) is 4.87. The Balaban J connectivity index is 0. The van der Waals surface area contributed by atoms with E-state index in [2.05, 4.69) is 5.32 Å². The first kappa shape index (κ1) is 12.1. The molecule has 3 N–H and O–H groups in total. The quantitative estimate of drug-likeness (QED) is 0.497. The number of aromatic hydroxyl groups is 2. The highest BCUT2D eigenvalue weighted by atomic mass is 35.5. The molecule has 0 aliphatic rings. The lowest BCUT2D eigenvalue weighted by molar-refractivity contribution is -0.00000434. The maximum atomic E-state index is 9.13. The van der Waals surface area contributed by atoms with Gasteiger partial charge in [-0.25, -0.2) is 0 Å². The van der Waals surface area contributed by atoms with Crippen LogP contribution in [0.3, 0.4) is 0 Å². The smallest absolute Gasteiger partial charge is 1.00 e. The van der Waals surface area contributed by atoms with Crippen LogP contribution in [-0.2, 0) is 6.42 Å². The van der Waals surface area contributed by atoms with Gasteiger partial charge in [0, 0.05) is 0 Å². The number of rotatable bonds is 3. The van der Waals surface area contributed by atoms with E-state index >= 15 is 0 Å². The summed E-state index contributed by atoms with van der Waals surface area (Å²) in [6.07, 6.45) is 0.852. The molecule has 1 aromatic carbocycles. The van der Waals surface area contributed by atoms with E-state index in [1.54, 1.807) is 12.1 Å². The lowest BCUT2D eigenvalue weighted by Gasteiger charge is -2.02. The van der Waals surface area contributed by atoms with Gasteiger partial charge >= 0.3 is 1.43 Å². The predicted molar refractivity (Wildman–Crippen MR) is 48.5 cm³/mol. The maximum Gasteiger partial charge on any atom is 1.00 e. The zero-order chi connectivity index (χ0) is 8.97. The van der Waals surface area contributed by atoms with Gasteiger partial charge in [0.15, 0.2) is 11.5 Å². The van der Waals surface area contributed by atoms with Crippen molar-refractivity contribution in [1.82, 2.24) is 5.32 Å². The van der Waals surface area contributed by atoms with Gasteiger partial charge < -0.3 is 27.9 Å². The number of phenolic OH excluding ortho intramolecular Hbond substituents is 2. The fourth-order valence-corrected chi connectivity index (χ4v) is 0.994. The molecule has 13 heavy (non-hydrogen) atoms. The summed E-state index contributed by atoms with van der Waals surface area (Å²) in [5, 5.41) is 21.1. The second-order valence-corrected chi connectivity index (χ2v) is 2.68. The molecule has 0 bridgehead atoms. The highest BCUT2D eigenvalue weighted by Crippen LogP contribution is 2.24. The number of halogens is 1. The van der Waals surface area contributed by atoms with Gasteiger partial charge in [0.2, 0.25) is 0 Å². The minimum Gasteiger partial charge on any atom is -1.00 e. The van der Waals surface area contributed by atoms with Crippen LogP contribution in [0, 0.1) is 0 Å². The van der Waals surface area contributed by atoms with Crippen LogP contribution in [0.5, 0.6) is 11.5 Å². The molecule has 0 aliphatic carbocycles. The van der Waals surface area contributed by atoms with E-state index in [1.165, 1.54) is 6.07 Å². The third-order valence-electron chi connectivity index (χ3n) is 1.70. The Morgan fingerprint density at radius 1 is 1.31 bits per heavy atom. The van der Waals surface area contributed by atoms with Crippen LogP contribution in [0.25, 0.3) is 0 Å². The molecule has 3 nitrogen and oxygen atoms in total. The lowest BCUT2D eigenvalue weighted by Crippen LogP contribution is -3.00. The molecule has 0 aliphatic heterocycles. The van der Waals surface area contributed by atoms with Crippen LogP contribution in [0.4, 0.5) is 0 Å². The van der Waals surface area contributed by atoms with Gasteiger partial charge in [-0.15, -0.1) is 0 Å². The third-order valence-corrected chi connectivity index (χ3v) is 1.70. The van der Waals surface area contributed by atoms with E-state index in [1.807, 2.05) is 7.05 Å². The number of hydrogen-bond donors (Lipinski definition) is 3. The zero-order valence-corrected chi connectivity index (χ0v) is 8.17. The van der Waals surface area contributed by atoms with Gasteiger partial charge in [0.05, 0.1) is 0 Å². The van der Waals surface area contributed by atoms with Gasteiger partial charge in [-0.1, -0.05) is 6.07 Å². The van der Waals surface area contributed by atoms with Crippen LogP contribution in [-0.4, -0.2) is 23.8 Å². The molecular weight excluding hydrogens is 190 g/mol. The van der Waals surface area contributed by atoms with Crippen molar-refractivity contribution in [3.05, 3.63) is 23.8 Å². The minimum atomic E-state index is -0.0665. The SMILES string of the molecule is CNCCc1ccc(O)c(O)c1.[Cl-].[H+]. The normalized spacial score (nSPS) is 9.31. The largest absolute Gasteiger partial charge is 1.00 e. The first-order chi connectivity index (χ1) is 5.74. The minimum absolute atomic E-state index is 0. The van der Waals surface area contributed by atoms with Crippen molar-refractivity contribution < 1.29 is 24.0 Å². The molecule has 0 fully saturated rings. The first-order valence-electron chi connectivity index (χ1n) is 3.89. The second-order valence-electron chi connectivity index (χ2n) is 2.68. The number of hydrogen-bond acceptors (Lipinski definition) is 3. The Bertz CT molecular complexity index is 271. The molecular formula is C9H14ClNO2. The molecule has 0 unspecified atom stereocenters. The Morgan fingerprint density at radius 2 is 2.00 bits per heavy atom. The summed E-state index contributed by atoms with van der Waals surface area (Å²) in [7, 11) is 1.88. The van der Waals surface area contributed by atoms with Crippen molar-refractivity contribution in [3.8, 4) is 11.5 Å². The molecule has 0 atom stereocenters. The van der Waals surface area contributed by atoms with Crippen molar-refractivity contribution in [2.45, 2.75) is 6.42 Å². The Hall–Kier alpha value is -0.930. The highest BCUT2D eigenvalue weighted by molar-refractivity contribution is 5.40. The van der Waals surface area contributed by atoms with E-state index in [9.17, 15) is 0 Å². The van der Waals surface area contributed by atoms with E-state index < -0.39 is 0 Å². The fourth-order valence-electron chi connectivity index (χ4n) is 0.994. The van der Waals surface area contributed by atoms with Crippen LogP contribution >= 0.6 is 0 Å². The van der Waals surface area contributed by atoms with Crippen LogP contribution in [0.15, 0.2) is 18.2 Å². The number of likely N-dealkylation sites (N-methyl/N-ethyl adjacent to an activating group) is 1. The predicted octanol–water partition coefficient (Wildman–Crippen LogP) is -2.02. The van der Waals surface area contributed by atoms with Crippen molar-refractivity contribution >= 4 is 0 Å². The van der Waals surface area contributed by atoms with Crippen molar-refractivity contribution in [2.75, 3.05) is 13.6 Å². The van der Waals surface area contributed by atoms with E-state index in [0.29, 0.717) is 0 Å². The maximum absolute atomic E-state index is 9.13. The molecule has 74 valence electrons. The molecule has 0 saturated carbocycles. The Kier molecular flexibility index (Phi) is 5.26. The molecule has 0 amide bonds. The van der Waals surface area contributed by atoms with Crippen molar-refractivity contribution in [3.63, 3.8) is 0 Å². The summed E-state index contributed by atoms with van der Waals surface area (Å²) < 4.78 is 0. The van der Waals surface area contributed by atoms with Crippen molar-refractivity contribution in [1.29, 1.82) is 0 Å². The summed E-state index contributed by atoms with van der Waals surface area (Å²) in [4.78, 5) is 0. The van der Waals surface area contributed by atoms with Crippen molar-refractivity contribution in [2.24, 2.45) is 0 Å². The summed E-state index contributed by atoms with van der Waals surface area (Å²) in [5.41, 5.74) is 1.01. The summed E-state index contributed by atoms with van der Waals surface area (Å²) in [5.74, 6) is -0.119. The average Bonchev–Trinajstić information content (AvgIpc) is 2.07. The van der Waals surface area contributed by atoms with E-state index in [-0.39, 0.29) is 25.3 Å². The second kappa shape index (κ2) is 5.67. The number of nitrogens with one attached hydrogen (secondary N) is 1. The molecule has 0 spiro atoms. The van der Waals surface area contributed by atoms with Crippen LogP contribution < -0.4 is 17.7 Å². The molecule has 1 rings (SSSR count). The van der Waals surface area contributed by atoms with Gasteiger partial charge in [-0.05, 0) is 37.7 Å². The lowest BCUT2D eigenvalue weighted by atomic mass is 10.1. The molecule has 0 heterocycles. The van der Waals surface area contributed by atoms with Gasteiger partial charge in [-0.3, -0.25) is 0 Å². The van der Waals surface area contributed by atoms with Crippen LogP contribution in [0.1, 0.15) is 6.99 Å². The highest BCUT2D eigenvalue weighted by Gasteiger charge is 1.99. The monoisotopic (exact) mass is 203 g/mol. The molecule has 4 heteroatoms. The molecule has 0 aromatic heterocycles. The summed E-state index contributed by atoms with van der Waals surface area (Å²) >= 11 is 0. The number of phenols is 2. The van der Waals surface area contributed by atoms with Crippen LogP contribution in [0.2, 0.25) is 0 Å². The Labute approximate surface area is 85.3 Å². The summed E-state index contributed by atoms with van der Waals surface area (Å²) in [6.45, 7) is 0.865. The Morgan fingerprint density at radius 3 is 2.54 bits per heavy atom. The third kappa shape index (κ3) is 3.53. The van der Waals surface area contributed by atoms with E-state index in [0.717, 1.165) is 18.5 Å². The van der Waals surface area contributed by atoms with Gasteiger partial charge in [0.1, 0.15) is 0 Å². The first-order valence-corrected chi connectivity index (χ1v) is 3.89. The molecule has 0 saturated heterocycles. The number of benzene rings is 1. The topological polar surface area (TPSA) is 52.5 Å². The average molecular weight is 204 g/mol. The zero-order valence-electron chi connectivity index (χ0n) is 8.42. The van der Waals surface area contributed by atoms with E-state index in [4.69, 9.17) is 10.2 Å². The van der Waals surface area contributed by atoms with Gasteiger partial charge in [-0.2, -0.15) is 0 Å². The molecule has 0 radical (unpaired) electrons. The fraction of sp³-hybridized carbons (Fsp3) is 0.333. The molecule has 1 aromatic rings. The standard InChI is InChI=1S/C9H13NO2.ClH/c1-10-5-4-7-2-3-8(11)9(12)6-7;/h2-3,6,10-12H,4-5H2,1H3;1H.